The van der Waals surface area contributed by atoms with Crippen LogP contribution in [0, 0.1) is 12.7 Å². The van der Waals surface area contributed by atoms with E-state index in [0.29, 0.717) is 17.4 Å². The van der Waals surface area contributed by atoms with Gasteiger partial charge in [-0.2, -0.15) is 0 Å². The van der Waals surface area contributed by atoms with Gasteiger partial charge in [0.2, 0.25) is 5.88 Å². The van der Waals surface area contributed by atoms with Gasteiger partial charge in [-0.15, -0.1) is 0 Å². The molecule has 0 fully saturated rings. The fourth-order valence-electron chi connectivity index (χ4n) is 1.88. The van der Waals surface area contributed by atoms with Gasteiger partial charge in [0.05, 0.1) is 5.56 Å². The van der Waals surface area contributed by atoms with Gasteiger partial charge in [-0.05, 0) is 24.5 Å². The third kappa shape index (κ3) is 2.85. The lowest BCUT2D eigenvalue weighted by Gasteiger charge is -2.16. The Hall–Kier alpha value is -2.21. The number of nitrogen functional groups attached to an aromatic ring is 1. The minimum absolute atomic E-state index is 0.103. The van der Waals surface area contributed by atoms with Crippen LogP contribution in [-0.2, 0) is 0 Å². The van der Waals surface area contributed by atoms with Gasteiger partial charge in [0.25, 0.3) is 0 Å². The molecule has 0 spiro atoms. The van der Waals surface area contributed by atoms with Crippen molar-refractivity contribution in [2.24, 2.45) is 5.84 Å². The van der Waals surface area contributed by atoms with Crippen LogP contribution in [0.5, 0.6) is 11.6 Å². The van der Waals surface area contributed by atoms with Crippen LogP contribution in [0.15, 0.2) is 24.5 Å². The monoisotopic (exact) mass is 276 g/mol. The zero-order valence-corrected chi connectivity index (χ0v) is 11.6. The molecular formula is C14H17FN4O. The zero-order chi connectivity index (χ0) is 14.7. The molecule has 20 heavy (non-hydrogen) atoms. The predicted octanol–water partition coefficient (Wildman–Crippen LogP) is 3.13. The topological polar surface area (TPSA) is 73.1 Å². The highest BCUT2D eigenvalue weighted by Gasteiger charge is 2.17. The van der Waals surface area contributed by atoms with E-state index in [4.69, 9.17) is 10.6 Å². The largest absolute Gasteiger partial charge is 0.438 e. The highest BCUT2D eigenvalue weighted by atomic mass is 19.1. The van der Waals surface area contributed by atoms with E-state index in [2.05, 4.69) is 15.4 Å². The number of aryl methyl sites for hydroxylation is 1. The fraction of sp³-hybridized carbons (Fsp3) is 0.286. The maximum absolute atomic E-state index is 13.3. The van der Waals surface area contributed by atoms with Crippen molar-refractivity contribution in [3.63, 3.8) is 0 Å². The Bertz CT molecular complexity index is 616. The molecule has 0 bridgehead atoms. The van der Waals surface area contributed by atoms with Crippen molar-refractivity contribution in [3.8, 4) is 11.6 Å². The van der Waals surface area contributed by atoms with E-state index in [1.54, 1.807) is 6.07 Å². The second kappa shape index (κ2) is 5.83. The third-order valence-electron chi connectivity index (χ3n) is 2.92. The Kier molecular flexibility index (Phi) is 4.14. The summed E-state index contributed by atoms with van der Waals surface area (Å²) in [6.45, 7) is 5.79. The van der Waals surface area contributed by atoms with Gasteiger partial charge in [0.15, 0.2) is 5.82 Å². The Morgan fingerprint density at radius 1 is 1.30 bits per heavy atom. The van der Waals surface area contributed by atoms with Gasteiger partial charge in [-0.25, -0.2) is 20.2 Å². The highest BCUT2D eigenvalue weighted by Crippen LogP contribution is 2.33. The number of nitrogens with zero attached hydrogens (tertiary/aromatic N) is 2. The van der Waals surface area contributed by atoms with Crippen LogP contribution in [0.3, 0.4) is 0 Å². The number of hydrogen-bond donors (Lipinski definition) is 2. The molecular weight excluding hydrogens is 259 g/mol. The molecule has 0 unspecified atom stereocenters. The number of halogens is 1. The minimum atomic E-state index is -0.358. The molecule has 0 aliphatic heterocycles. The number of nitrogens with two attached hydrogens (primary N) is 1. The highest BCUT2D eigenvalue weighted by molar-refractivity contribution is 5.51. The fourth-order valence-corrected chi connectivity index (χ4v) is 1.88. The molecule has 1 aromatic heterocycles. The number of benzene rings is 1. The zero-order valence-electron chi connectivity index (χ0n) is 11.6. The summed E-state index contributed by atoms with van der Waals surface area (Å²) in [6, 6.07) is 4.37. The van der Waals surface area contributed by atoms with E-state index in [0.717, 1.165) is 11.1 Å². The molecule has 0 saturated carbocycles. The summed E-state index contributed by atoms with van der Waals surface area (Å²) in [4.78, 5) is 8.18. The van der Waals surface area contributed by atoms with E-state index in [9.17, 15) is 4.39 Å². The van der Waals surface area contributed by atoms with Crippen molar-refractivity contribution in [1.82, 2.24) is 9.97 Å². The molecule has 0 radical (unpaired) electrons. The Labute approximate surface area is 117 Å². The van der Waals surface area contributed by atoms with Gasteiger partial charge in [0, 0.05) is 6.07 Å². The van der Waals surface area contributed by atoms with Crippen LogP contribution < -0.4 is 16.0 Å². The van der Waals surface area contributed by atoms with Crippen LogP contribution in [0.25, 0.3) is 0 Å². The lowest BCUT2D eigenvalue weighted by atomic mass is 10.1. The molecule has 106 valence electrons. The lowest BCUT2D eigenvalue weighted by molar-refractivity contribution is 0.444. The van der Waals surface area contributed by atoms with Crippen LogP contribution in [-0.4, -0.2) is 9.97 Å². The Balaban J connectivity index is 2.45. The molecule has 6 heteroatoms. The summed E-state index contributed by atoms with van der Waals surface area (Å²) >= 11 is 0. The summed E-state index contributed by atoms with van der Waals surface area (Å²) in [6.07, 6.45) is 1.35. The quantitative estimate of drug-likeness (QED) is 0.663. The first-order valence-corrected chi connectivity index (χ1v) is 6.28. The van der Waals surface area contributed by atoms with E-state index >= 15 is 0 Å². The lowest BCUT2D eigenvalue weighted by Crippen LogP contribution is -2.13. The smallest absolute Gasteiger partial charge is 0.227 e. The summed E-state index contributed by atoms with van der Waals surface area (Å²) in [5.74, 6) is 6.49. The normalized spacial score (nSPS) is 10.7. The van der Waals surface area contributed by atoms with Gasteiger partial charge >= 0.3 is 0 Å². The molecule has 3 N–H and O–H groups in total. The number of hydrogen-bond acceptors (Lipinski definition) is 5. The molecule has 0 saturated heterocycles. The second-order valence-corrected chi connectivity index (χ2v) is 4.75. The summed E-state index contributed by atoms with van der Waals surface area (Å²) in [5.41, 5.74) is 4.09. The Morgan fingerprint density at radius 3 is 2.70 bits per heavy atom. The van der Waals surface area contributed by atoms with Crippen molar-refractivity contribution >= 4 is 5.82 Å². The van der Waals surface area contributed by atoms with E-state index in [1.807, 2.05) is 20.8 Å². The standard InChI is InChI=1S/C14H17FN4O/c1-8(2)12-13(19-16)17-7-18-14(12)20-11-6-10(15)5-4-9(11)3/h4-8H,16H2,1-3H3,(H,17,18,19). The predicted molar refractivity (Wildman–Crippen MR) is 75.1 cm³/mol. The van der Waals surface area contributed by atoms with Crippen molar-refractivity contribution in [3.05, 3.63) is 41.5 Å². The number of rotatable bonds is 4. The molecule has 1 heterocycles. The second-order valence-electron chi connectivity index (χ2n) is 4.75. The summed E-state index contributed by atoms with van der Waals surface area (Å²) in [5, 5.41) is 0. The van der Waals surface area contributed by atoms with E-state index in [-0.39, 0.29) is 11.7 Å². The molecule has 5 nitrogen and oxygen atoms in total. The van der Waals surface area contributed by atoms with Gasteiger partial charge in [0.1, 0.15) is 17.9 Å². The van der Waals surface area contributed by atoms with E-state index < -0.39 is 0 Å². The number of nitrogens with one attached hydrogen (secondary N) is 1. The van der Waals surface area contributed by atoms with Crippen LogP contribution >= 0.6 is 0 Å². The van der Waals surface area contributed by atoms with Crippen molar-refractivity contribution in [2.45, 2.75) is 26.7 Å². The average molecular weight is 276 g/mol. The number of aromatic nitrogens is 2. The maximum Gasteiger partial charge on any atom is 0.227 e. The van der Waals surface area contributed by atoms with Gasteiger partial charge in [-0.3, -0.25) is 0 Å². The first-order valence-electron chi connectivity index (χ1n) is 6.28. The molecule has 2 rings (SSSR count). The first-order chi connectivity index (χ1) is 9.52. The molecule has 0 atom stereocenters. The van der Waals surface area contributed by atoms with Crippen LogP contribution in [0.4, 0.5) is 10.2 Å². The SMILES string of the molecule is Cc1ccc(F)cc1Oc1ncnc(NN)c1C(C)C. The molecule has 2 aromatic rings. The average Bonchev–Trinajstić information content (AvgIpc) is 2.42. The third-order valence-corrected chi connectivity index (χ3v) is 2.92. The minimum Gasteiger partial charge on any atom is -0.438 e. The molecule has 1 aromatic carbocycles. The van der Waals surface area contributed by atoms with Crippen molar-refractivity contribution in [2.75, 3.05) is 5.43 Å². The molecule has 0 aliphatic carbocycles. The number of anilines is 1. The van der Waals surface area contributed by atoms with Gasteiger partial charge in [-0.1, -0.05) is 19.9 Å². The van der Waals surface area contributed by atoms with Crippen LogP contribution in [0.1, 0.15) is 30.9 Å². The van der Waals surface area contributed by atoms with Crippen molar-refractivity contribution in [1.29, 1.82) is 0 Å². The van der Waals surface area contributed by atoms with Crippen molar-refractivity contribution < 1.29 is 9.13 Å². The van der Waals surface area contributed by atoms with E-state index in [1.165, 1.54) is 18.5 Å². The van der Waals surface area contributed by atoms with Crippen LogP contribution in [0.2, 0.25) is 0 Å². The summed E-state index contributed by atoms with van der Waals surface area (Å²) in [7, 11) is 0. The Morgan fingerprint density at radius 2 is 2.05 bits per heavy atom. The summed E-state index contributed by atoms with van der Waals surface area (Å²) < 4.78 is 19.0. The maximum atomic E-state index is 13.3. The van der Waals surface area contributed by atoms with Gasteiger partial charge < -0.3 is 10.2 Å². The molecule has 0 aliphatic rings. The first kappa shape index (κ1) is 14.2. The number of hydrazine groups is 1. The number of ether oxygens (including phenoxy) is 1. The molecule has 0 amide bonds.